The van der Waals surface area contributed by atoms with Gasteiger partial charge in [-0.25, -0.2) is 4.98 Å². The van der Waals surface area contributed by atoms with Crippen LogP contribution in [0.15, 0.2) is 18.2 Å². The van der Waals surface area contributed by atoms with Gasteiger partial charge in [0.2, 0.25) is 5.91 Å². The van der Waals surface area contributed by atoms with Crippen molar-refractivity contribution in [2.24, 2.45) is 5.73 Å². The molecule has 0 radical (unpaired) electrons. The van der Waals surface area contributed by atoms with Gasteiger partial charge in [-0.3, -0.25) is 4.79 Å². The second-order valence-corrected chi connectivity index (χ2v) is 3.98. The maximum absolute atomic E-state index is 11.9. The van der Waals surface area contributed by atoms with Crippen LogP contribution in [0, 0.1) is 6.92 Å². The third-order valence-electron chi connectivity index (χ3n) is 2.84. The van der Waals surface area contributed by atoms with Crippen molar-refractivity contribution in [3.8, 4) is 0 Å². The summed E-state index contributed by atoms with van der Waals surface area (Å²) in [6.07, 6.45) is 1.22. The Morgan fingerprint density at radius 1 is 1.44 bits per heavy atom. The van der Waals surface area contributed by atoms with Gasteiger partial charge in [-0.05, 0) is 31.9 Å². The summed E-state index contributed by atoms with van der Waals surface area (Å²) in [4.78, 5) is 16.1. The number of aromatic nitrogens is 1. The van der Waals surface area contributed by atoms with Gasteiger partial charge < -0.3 is 11.1 Å². The van der Waals surface area contributed by atoms with Crippen LogP contribution >= 0.6 is 0 Å². The van der Waals surface area contributed by atoms with Crippen molar-refractivity contribution in [2.45, 2.75) is 39.2 Å². The van der Waals surface area contributed by atoms with E-state index in [1.54, 1.807) is 6.07 Å². The molecule has 1 amide bonds. The molecule has 1 aromatic heterocycles. The van der Waals surface area contributed by atoms with Crippen LogP contribution in [0.1, 0.15) is 32.4 Å². The monoisotopic (exact) mass is 221 g/mol. The molecule has 4 nitrogen and oxygen atoms in total. The standard InChI is InChI=1S/C12H19N3O/c1-4-12(13,5-2)11(16)15-10-8-6-7-9(3)14-10/h6-8H,4-5,13H2,1-3H3,(H,14,15,16). The van der Waals surface area contributed by atoms with Crippen molar-refractivity contribution in [1.29, 1.82) is 0 Å². The first kappa shape index (κ1) is 12.6. The second-order valence-electron chi connectivity index (χ2n) is 3.98. The molecule has 1 heterocycles. The van der Waals surface area contributed by atoms with E-state index in [1.807, 2.05) is 32.9 Å². The maximum atomic E-state index is 11.9. The topological polar surface area (TPSA) is 68.0 Å². The van der Waals surface area contributed by atoms with E-state index in [2.05, 4.69) is 10.3 Å². The van der Waals surface area contributed by atoms with Gasteiger partial charge in [-0.2, -0.15) is 0 Å². The van der Waals surface area contributed by atoms with Crippen LogP contribution in [-0.2, 0) is 4.79 Å². The Kier molecular flexibility index (Phi) is 4.01. The highest BCUT2D eigenvalue weighted by molar-refractivity contribution is 5.97. The van der Waals surface area contributed by atoms with Gasteiger partial charge in [0.1, 0.15) is 5.82 Å². The number of amides is 1. The molecule has 0 aliphatic heterocycles. The molecule has 1 rings (SSSR count). The first-order valence-electron chi connectivity index (χ1n) is 5.56. The Hall–Kier alpha value is -1.42. The molecule has 16 heavy (non-hydrogen) atoms. The van der Waals surface area contributed by atoms with Gasteiger partial charge in [-0.1, -0.05) is 19.9 Å². The van der Waals surface area contributed by atoms with Gasteiger partial charge >= 0.3 is 0 Å². The van der Waals surface area contributed by atoms with Crippen molar-refractivity contribution in [1.82, 2.24) is 4.98 Å². The smallest absolute Gasteiger partial charge is 0.245 e. The average Bonchev–Trinajstić information content (AvgIpc) is 2.28. The van der Waals surface area contributed by atoms with Crippen molar-refractivity contribution in [3.63, 3.8) is 0 Å². The molecule has 3 N–H and O–H groups in total. The molecule has 0 saturated carbocycles. The van der Waals surface area contributed by atoms with E-state index in [-0.39, 0.29) is 5.91 Å². The predicted octanol–water partition coefficient (Wildman–Crippen LogP) is 1.85. The Bertz CT molecular complexity index is 372. The zero-order valence-electron chi connectivity index (χ0n) is 10.1. The van der Waals surface area contributed by atoms with Crippen molar-refractivity contribution >= 4 is 11.7 Å². The van der Waals surface area contributed by atoms with Gasteiger partial charge in [-0.15, -0.1) is 0 Å². The molecular weight excluding hydrogens is 202 g/mol. The lowest BCUT2D eigenvalue weighted by molar-refractivity contribution is -0.121. The minimum absolute atomic E-state index is 0.171. The fourth-order valence-electron chi connectivity index (χ4n) is 1.42. The molecule has 88 valence electrons. The molecular formula is C12H19N3O. The van der Waals surface area contributed by atoms with Gasteiger partial charge in [0.15, 0.2) is 0 Å². The summed E-state index contributed by atoms with van der Waals surface area (Å²) in [6, 6.07) is 5.50. The number of carbonyl (C=O) groups is 1. The van der Waals surface area contributed by atoms with E-state index >= 15 is 0 Å². The van der Waals surface area contributed by atoms with E-state index in [0.717, 1.165) is 5.69 Å². The molecule has 0 atom stereocenters. The van der Waals surface area contributed by atoms with E-state index in [1.165, 1.54) is 0 Å². The molecule has 4 heteroatoms. The highest BCUT2D eigenvalue weighted by Crippen LogP contribution is 2.14. The Balaban J connectivity index is 2.78. The largest absolute Gasteiger partial charge is 0.317 e. The second kappa shape index (κ2) is 5.07. The fourth-order valence-corrected chi connectivity index (χ4v) is 1.42. The van der Waals surface area contributed by atoms with E-state index in [9.17, 15) is 4.79 Å². The lowest BCUT2D eigenvalue weighted by Gasteiger charge is -2.24. The summed E-state index contributed by atoms with van der Waals surface area (Å²) in [7, 11) is 0. The quantitative estimate of drug-likeness (QED) is 0.815. The number of pyridine rings is 1. The number of rotatable bonds is 4. The number of anilines is 1. The van der Waals surface area contributed by atoms with Crippen LogP contribution in [0.2, 0.25) is 0 Å². The average molecular weight is 221 g/mol. The highest BCUT2D eigenvalue weighted by Gasteiger charge is 2.29. The number of hydrogen-bond donors (Lipinski definition) is 2. The number of nitrogens with two attached hydrogens (primary N) is 1. The van der Waals surface area contributed by atoms with E-state index < -0.39 is 5.54 Å². The summed E-state index contributed by atoms with van der Waals surface area (Å²) in [5.74, 6) is 0.386. The Labute approximate surface area is 96.3 Å². The van der Waals surface area contributed by atoms with Gasteiger partial charge in [0.25, 0.3) is 0 Å². The predicted molar refractivity (Wildman–Crippen MR) is 65.1 cm³/mol. The number of hydrogen-bond acceptors (Lipinski definition) is 3. The van der Waals surface area contributed by atoms with E-state index in [0.29, 0.717) is 18.7 Å². The van der Waals surface area contributed by atoms with Crippen LogP contribution in [0.5, 0.6) is 0 Å². The molecule has 0 aliphatic rings. The first-order chi connectivity index (χ1) is 7.51. The maximum Gasteiger partial charge on any atom is 0.245 e. The minimum Gasteiger partial charge on any atom is -0.317 e. The highest BCUT2D eigenvalue weighted by atomic mass is 16.2. The number of carbonyl (C=O) groups excluding carboxylic acids is 1. The molecule has 0 bridgehead atoms. The first-order valence-corrected chi connectivity index (χ1v) is 5.56. The van der Waals surface area contributed by atoms with Crippen LogP contribution in [0.4, 0.5) is 5.82 Å². The van der Waals surface area contributed by atoms with Crippen molar-refractivity contribution in [3.05, 3.63) is 23.9 Å². The van der Waals surface area contributed by atoms with Crippen molar-refractivity contribution < 1.29 is 4.79 Å². The molecule has 1 aromatic rings. The molecule has 0 aromatic carbocycles. The third kappa shape index (κ3) is 2.79. The molecule has 0 aliphatic carbocycles. The third-order valence-corrected chi connectivity index (χ3v) is 2.84. The SMILES string of the molecule is CCC(N)(CC)C(=O)Nc1cccc(C)n1. The fraction of sp³-hybridized carbons (Fsp3) is 0.500. The van der Waals surface area contributed by atoms with Gasteiger partial charge in [0, 0.05) is 5.69 Å². The molecule has 0 fully saturated rings. The summed E-state index contributed by atoms with van der Waals surface area (Å²) >= 11 is 0. The molecule has 0 unspecified atom stereocenters. The number of nitrogens with zero attached hydrogens (tertiary/aromatic N) is 1. The summed E-state index contributed by atoms with van der Waals surface area (Å²) < 4.78 is 0. The summed E-state index contributed by atoms with van der Waals surface area (Å²) in [6.45, 7) is 5.70. The Morgan fingerprint density at radius 3 is 2.56 bits per heavy atom. The van der Waals surface area contributed by atoms with Crippen LogP contribution < -0.4 is 11.1 Å². The van der Waals surface area contributed by atoms with Crippen LogP contribution in [0.25, 0.3) is 0 Å². The number of aryl methyl sites for hydroxylation is 1. The minimum atomic E-state index is -0.800. The normalized spacial score (nSPS) is 11.2. The van der Waals surface area contributed by atoms with Gasteiger partial charge in [0.05, 0.1) is 5.54 Å². The lowest BCUT2D eigenvalue weighted by atomic mass is 9.93. The molecule has 0 saturated heterocycles. The molecule has 0 spiro atoms. The van der Waals surface area contributed by atoms with Crippen LogP contribution in [0.3, 0.4) is 0 Å². The zero-order chi connectivity index (χ0) is 12.2. The summed E-state index contributed by atoms with van der Waals surface area (Å²) in [5, 5.41) is 2.75. The van der Waals surface area contributed by atoms with E-state index in [4.69, 9.17) is 5.73 Å². The summed E-state index contributed by atoms with van der Waals surface area (Å²) in [5.41, 5.74) is 6.05. The Morgan fingerprint density at radius 2 is 2.06 bits per heavy atom. The van der Waals surface area contributed by atoms with Crippen LogP contribution in [-0.4, -0.2) is 16.4 Å². The van der Waals surface area contributed by atoms with Crippen molar-refractivity contribution in [2.75, 3.05) is 5.32 Å². The lowest BCUT2D eigenvalue weighted by Crippen LogP contribution is -2.50. The number of nitrogens with one attached hydrogen (secondary N) is 1. The zero-order valence-corrected chi connectivity index (χ0v) is 10.1.